The summed E-state index contributed by atoms with van der Waals surface area (Å²) in [5, 5.41) is 3.38. The first-order chi connectivity index (χ1) is 9.17. The molecule has 0 aromatic carbocycles. The molecule has 0 radical (unpaired) electrons. The van der Waals surface area contributed by atoms with Crippen LogP contribution in [0.2, 0.25) is 0 Å². The van der Waals surface area contributed by atoms with Crippen LogP contribution in [0.25, 0.3) is 0 Å². The quantitative estimate of drug-likeness (QED) is 0.863. The van der Waals surface area contributed by atoms with Crippen molar-refractivity contribution in [1.29, 1.82) is 0 Å². The highest BCUT2D eigenvalue weighted by molar-refractivity contribution is 7.09. The van der Waals surface area contributed by atoms with E-state index in [0.717, 1.165) is 25.5 Å². The number of hydrogen-bond acceptors (Lipinski definition) is 4. The molecule has 2 aromatic heterocycles. The maximum atomic E-state index is 4.51. The van der Waals surface area contributed by atoms with Gasteiger partial charge in [-0.2, -0.15) is 0 Å². The summed E-state index contributed by atoms with van der Waals surface area (Å²) in [6.07, 6.45) is 8.18. The molecule has 1 fully saturated rings. The molecular formula is C14H20N4S. The van der Waals surface area contributed by atoms with Gasteiger partial charge in [0.25, 0.3) is 0 Å². The predicted molar refractivity (Wildman–Crippen MR) is 77.2 cm³/mol. The molecule has 0 atom stereocenters. The highest BCUT2D eigenvalue weighted by Crippen LogP contribution is 2.36. The fraction of sp³-hybridized carbons (Fsp3) is 0.571. The predicted octanol–water partition coefficient (Wildman–Crippen LogP) is 2.43. The lowest BCUT2D eigenvalue weighted by Crippen LogP contribution is -2.40. The Morgan fingerprint density at radius 1 is 1.26 bits per heavy atom. The first kappa shape index (κ1) is 12.8. The number of thiazole rings is 1. The van der Waals surface area contributed by atoms with E-state index in [-0.39, 0.29) is 5.41 Å². The van der Waals surface area contributed by atoms with Crippen molar-refractivity contribution >= 4 is 11.3 Å². The smallest absolute Gasteiger partial charge is 0.122 e. The topological polar surface area (TPSA) is 34.0 Å². The molecule has 0 aliphatic carbocycles. The first-order valence-corrected chi connectivity index (χ1v) is 7.64. The van der Waals surface area contributed by atoms with E-state index in [1.54, 1.807) is 11.3 Å². The third-order valence-corrected chi connectivity index (χ3v) is 5.27. The van der Waals surface area contributed by atoms with Crippen molar-refractivity contribution in [3.05, 3.63) is 34.8 Å². The molecule has 2 aromatic rings. The van der Waals surface area contributed by atoms with Gasteiger partial charge < -0.3 is 4.57 Å². The van der Waals surface area contributed by atoms with Crippen molar-refractivity contribution in [3.8, 4) is 0 Å². The summed E-state index contributed by atoms with van der Waals surface area (Å²) in [5.41, 5.74) is 0.270. The Morgan fingerprint density at radius 3 is 2.63 bits per heavy atom. The van der Waals surface area contributed by atoms with E-state index in [0.29, 0.717) is 0 Å². The van der Waals surface area contributed by atoms with Gasteiger partial charge in [-0.15, -0.1) is 11.3 Å². The molecule has 3 rings (SSSR count). The number of hydrogen-bond donors (Lipinski definition) is 0. The number of piperidine rings is 1. The molecule has 4 nitrogen and oxygen atoms in total. The Balaban J connectivity index is 1.62. The van der Waals surface area contributed by atoms with E-state index >= 15 is 0 Å². The molecule has 0 amide bonds. The molecular weight excluding hydrogens is 256 g/mol. The molecule has 19 heavy (non-hydrogen) atoms. The molecule has 0 N–H and O–H groups in total. The van der Waals surface area contributed by atoms with Gasteiger partial charge in [0.05, 0.1) is 11.6 Å². The van der Waals surface area contributed by atoms with Gasteiger partial charge in [-0.05, 0) is 25.9 Å². The maximum Gasteiger partial charge on any atom is 0.122 e. The van der Waals surface area contributed by atoms with Crippen molar-refractivity contribution in [2.24, 2.45) is 7.05 Å². The summed E-state index contributed by atoms with van der Waals surface area (Å²) in [7, 11) is 2.06. The van der Waals surface area contributed by atoms with Crippen molar-refractivity contribution in [2.75, 3.05) is 13.1 Å². The van der Waals surface area contributed by atoms with Gasteiger partial charge >= 0.3 is 0 Å². The van der Waals surface area contributed by atoms with Gasteiger partial charge in [0.2, 0.25) is 0 Å². The minimum atomic E-state index is 0.270. The number of imidazole rings is 1. The largest absolute Gasteiger partial charge is 0.337 e. The lowest BCUT2D eigenvalue weighted by molar-refractivity contribution is 0.157. The zero-order valence-electron chi connectivity index (χ0n) is 11.5. The van der Waals surface area contributed by atoms with Gasteiger partial charge in [0, 0.05) is 36.4 Å². The van der Waals surface area contributed by atoms with Crippen LogP contribution in [0.3, 0.4) is 0 Å². The molecule has 0 spiro atoms. The molecule has 5 heteroatoms. The summed E-state index contributed by atoms with van der Waals surface area (Å²) in [6.45, 7) is 5.56. The average Bonchev–Trinajstić information content (AvgIpc) is 3.05. The highest BCUT2D eigenvalue weighted by Gasteiger charge is 2.33. The van der Waals surface area contributed by atoms with E-state index < -0.39 is 0 Å². The number of aromatic nitrogens is 3. The Kier molecular flexibility index (Phi) is 3.41. The zero-order valence-corrected chi connectivity index (χ0v) is 12.4. The molecule has 0 unspecified atom stereocenters. The molecule has 1 aliphatic rings. The van der Waals surface area contributed by atoms with E-state index in [9.17, 15) is 0 Å². The second-order valence-corrected chi connectivity index (χ2v) is 6.52. The first-order valence-electron chi connectivity index (χ1n) is 6.76. The van der Waals surface area contributed by atoms with Crippen LogP contribution in [-0.2, 0) is 19.0 Å². The minimum absolute atomic E-state index is 0.270. The second kappa shape index (κ2) is 5.06. The summed E-state index contributed by atoms with van der Waals surface area (Å²) < 4.78 is 2.11. The third kappa shape index (κ3) is 2.58. The average molecular weight is 276 g/mol. The molecule has 1 aliphatic heterocycles. The van der Waals surface area contributed by atoms with Crippen molar-refractivity contribution < 1.29 is 0 Å². The Hall–Kier alpha value is -1.20. The van der Waals surface area contributed by atoms with Gasteiger partial charge in [-0.3, -0.25) is 4.90 Å². The van der Waals surface area contributed by atoms with Crippen LogP contribution in [0.4, 0.5) is 0 Å². The SMILES string of the molecule is Cn1ccnc1CN1CCC(C)(c2nccs2)CC1. The normalized spacial score (nSPS) is 19.7. The molecule has 3 heterocycles. The van der Waals surface area contributed by atoms with E-state index in [1.165, 1.54) is 17.8 Å². The van der Waals surface area contributed by atoms with Crippen molar-refractivity contribution in [2.45, 2.75) is 31.7 Å². The highest BCUT2D eigenvalue weighted by atomic mass is 32.1. The van der Waals surface area contributed by atoms with Crippen LogP contribution in [-0.4, -0.2) is 32.5 Å². The standard InChI is InChI=1S/C14H20N4S/c1-14(13-16-6-10-19-13)3-7-18(8-4-14)11-12-15-5-9-17(12)2/h5-6,9-10H,3-4,7-8,11H2,1-2H3. The van der Waals surface area contributed by atoms with Crippen LogP contribution in [0.5, 0.6) is 0 Å². The van der Waals surface area contributed by atoms with Crippen LogP contribution in [0, 0.1) is 0 Å². The fourth-order valence-corrected chi connectivity index (χ4v) is 3.55. The van der Waals surface area contributed by atoms with Gasteiger partial charge in [0.1, 0.15) is 5.82 Å². The van der Waals surface area contributed by atoms with E-state index in [4.69, 9.17) is 0 Å². The summed E-state index contributed by atoms with van der Waals surface area (Å²) in [4.78, 5) is 11.4. The third-order valence-electron chi connectivity index (χ3n) is 4.19. The number of aryl methyl sites for hydroxylation is 1. The second-order valence-electron chi connectivity index (χ2n) is 5.63. The summed E-state index contributed by atoms with van der Waals surface area (Å²) in [5.74, 6) is 1.15. The molecule has 1 saturated heterocycles. The fourth-order valence-electron chi connectivity index (χ4n) is 2.69. The Bertz CT molecular complexity index is 523. The summed E-state index contributed by atoms with van der Waals surface area (Å²) in [6, 6.07) is 0. The van der Waals surface area contributed by atoms with Gasteiger partial charge in [-0.1, -0.05) is 6.92 Å². The summed E-state index contributed by atoms with van der Waals surface area (Å²) >= 11 is 1.79. The zero-order chi connectivity index (χ0) is 13.3. The Morgan fingerprint density at radius 2 is 2.05 bits per heavy atom. The van der Waals surface area contributed by atoms with E-state index in [2.05, 4.69) is 38.8 Å². The Labute approximate surface area is 118 Å². The number of likely N-dealkylation sites (tertiary alicyclic amines) is 1. The van der Waals surface area contributed by atoms with Crippen LogP contribution in [0.15, 0.2) is 24.0 Å². The van der Waals surface area contributed by atoms with Gasteiger partial charge in [-0.25, -0.2) is 9.97 Å². The molecule has 0 bridgehead atoms. The van der Waals surface area contributed by atoms with E-state index in [1.807, 2.05) is 18.6 Å². The van der Waals surface area contributed by atoms with Crippen LogP contribution >= 0.6 is 11.3 Å². The monoisotopic (exact) mass is 276 g/mol. The minimum Gasteiger partial charge on any atom is -0.337 e. The molecule has 0 saturated carbocycles. The number of rotatable bonds is 3. The van der Waals surface area contributed by atoms with Crippen molar-refractivity contribution in [1.82, 2.24) is 19.4 Å². The van der Waals surface area contributed by atoms with Crippen molar-refractivity contribution in [3.63, 3.8) is 0 Å². The maximum absolute atomic E-state index is 4.51. The number of nitrogens with zero attached hydrogens (tertiary/aromatic N) is 4. The van der Waals surface area contributed by atoms with Crippen LogP contribution < -0.4 is 0 Å². The van der Waals surface area contributed by atoms with Crippen LogP contribution in [0.1, 0.15) is 30.6 Å². The molecule has 102 valence electrons. The van der Waals surface area contributed by atoms with Gasteiger partial charge in [0.15, 0.2) is 0 Å². The lowest BCUT2D eigenvalue weighted by atomic mass is 9.81. The lowest BCUT2D eigenvalue weighted by Gasteiger charge is -2.37.